The molecule has 39 heavy (non-hydrogen) atoms. The van der Waals surface area contributed by atoms with Gasteiger partial charge in [0.05, 0.1) is 23.8 Å². The summed E-state index contributed by atoms with van der Waals surface area (Å²) in [5.41, 5.74) is 3.89. The van der Waals surface area contributed by atoms with Crippen molar-refractivity contribution in [2.75, 3.05) is 73.7 Å². The molecule has 3 aliphatic rings. The molecule has 0 atom stereocenters. The summed E-state index contributed by atoms with van der Waals surface area (Å²) < 4.78 is 5.60. The van der Waals surface area contributed by atoms with Gasteiger partial charge in [-0.1, -0.05) is 42.4 Å². The number of nitrogens with zero attached hydrogens (tertiary/aromatic N) is 6. The predicted octanol–water partition coefficient (Wildman–Crippen LogP) is 3.99. The Labute approximate surface area is 233 Å². The Kier molecular flexibility index (Phi) is 7.03. The number of halogens is 1. The first-order valence-electron chi connectivity index (χ1n) is 13.5. The van der Waals surface area contributed by atoms with Gasteiger partial charge in [0.2, 0.25) is 5.91 Å². The number of fused-ring (bicyclic) bond motifs is 2. The van der Waals surface area contributed by atoms with Gasteiger partial charge >= 0.3 is 0 Å². The van der Waals surface area contributed by atoms with E-state index in [-0.39, 0.29) is 5.91 Å². The van der Waals surface area contributed by atoms with Crippen LogP contribution < -0.4 is 14.7 Å². The van der Waals surface area contributed by atoms with Crippen LogP contribution in [0.4, 0.5) is 17.3 Å². The van der Waals surface area contributed by atoms with E-state index in [1.54, 1.807) is 0 Å². The number of anilines is 3. The molecule has 3 aliphatic heterocycles. The maximum absolute atomic E-state index is 12.2. The number of pyridine rings is 1. The number of benzene rings is 2. The van der Waals surface area contributed by atoms with Crippen molar-refractivity contribution in [3.8, 4) is 6.07 Å². The fourth-order valence-corrected chi connectivity index (χ4v) is 6.27. The van der Waals surface area contributed by atoms with Crippen molar-refractivity contribution in [1.82, 2.24) is 9.88 Å². The van der Waals surface area contributed by atoms with Gasteiger partial charge in [-0.25, -0.2) is 4.98 Å². The highest BCUT2D eigenvalue weighted by molar-refractivity contribution is 6.36. The lowest BCUT2D eigenvalue weighted by molar-refractivity contribution is -0.126. The number of hydrogen-bond acceptors (Lipinski definition) is 7. The van der Waals surface area contributed by atoms with E-state index in [1.165, 1.54) is 6.08 Å². The first-order valence-corrected chi connectivity index (χ1v) is 13.8. The Balaban J connectivity index is 1.42. The van der Waals surface area contributed by atoms with E-state index in [0.29, 0.717) is 64.6 Å². The van der Waals surface area contributed by atoms with Crippen LogP contribution in [0.2, 0.25) is 5.02 Å². The van der Waals surface area contributed by atoms with Crippen molar-refractivity contribution >= 4 is 45.6 Å². The van der Waals surface area contributed by atoms with E-state index in [2.05, 4.69) is 51.6 Å². The standard InChI is InChI=1S/C30H31ClN6O2/c1-2-27(38)34-11-13-35(14-12-34)29-22-9-10-37(26-8-4-6-21-5-3-7-25(31)28(21)26)20-24(22)23(19-32)30(33-29)36-15-17-39-18-16-36/h2-8H,1,9-18,20H2. The average molecular weight is 543 g/mol. The zero-order chi connectivity index (χ0) is 26.9. The molecular weight excluding hydrogens is 512 g/mol. The Morgan fingerprint density at radius 2 is 1.67 bits per heavy atom. The maximum Gasteiger partial charge on any atom is 0.246 e. The zero-order valence-corrected chi connectivity index (χ0v) is 22.7. The van der Waals surface area contributed by atoms with Crippen LogP contribution in [0.25, 0.3) is 10.8 Å². The van der Waals surface area contributed by atoms with Crippen LogP contribution in [0.5, 0.6) is 0 Å². The minimum Gasteiger partial charge on any atom is -0.378 e. The molecule has 1 amide bonds. The van der Waals surface area contributed by atoms with Crippen molar-refractivity contribution in [3.63, 3.8) is 0 Å². The Bertz CT molecular complexity index is 1470. The van der Waals surface area contributed by atoms with Gasteiger partial charge in [0.15, 0.2) is 0 Å². The molecule has 0 bridgehead atoms. The topological polar surface area (TPSA) is 75.9 Å². The number of nitriles is 1. The molecule has 2 aromatic carbocycles. The Morgan fingerprint density at radius 3 is 2.38 bits per heavy atom. The summed E-state index contributed by atoms with van der Waals surface area (Å²) in [6.07, 6.45) is 2.14. The van der Waals surface area contributed by atoms with E-state index >= 15 is 0 Å². The summed E-state index contributed by atoms with van der Waals surface area (Å²) in [7, 11) is 0. The smallest absolute Gasteiger partial charge is 0.246 e. The van der Waals surface area contributed by atoms with Crippen LogP contribution in [0, 0.1) is 11.3 Å². The van der Waals surface area contributed by atoms with E-state index in [4.69, 9.17) is 21.3 Å². The van der Waals surface area contributed by atoms with Crippen LogP contribution in [0.3, 0.4) is 0 Å². The summed E-state index contributed by atoms with van der Waals surface area (Å²) in [4.78, 5) is 26.0. The fraction of sp³-hybridized carbons (Fsp3) is 0.367. The number of hydrogen-bond donors (Lipinski definition) is 0. The summed E-state index contributed by atoms with van der Waals surface area (Å²) in [6, 6.07) is 14.8. The number of piperazine rings is 1. The lowest BCUT2D eigenvalue weighted by atomic mass is 9.94. The van der Waals surface area contributed by atoms with Crippen molar-refractivity contribution in [2.45, 2.75) is 13.0 Å². The number of carbonyl (C=O) groups excluding carboxylic acids is 1. The zero-order valence-electron chi connectivity index (χ0n) is 21.9. The van der Waals surface area contributed by atoms with Crippen molar-refractivity contribution in [3.05, 3.63) is 70.8 Å². The second-order valence-electron chi connectivity index (χ2n) is 10.1. The molecule has 0 aliphatic carbocycles. The number of aromatic nitrogens is 1. The molecule has 0 N–H and O–H groups in total. The van der Waals surface area contributed by atoms with Gasteiger partial charge in [0.25, 0.3) is 0 Å². The summed E-state index contributed by atoms with van der Waals surface area (Å²) >= 11 is 6.69. The van der Waals surface area contributed by atoms with Crippen molar-refractivity contribution in [2.24, 2.45) is 0 Å². The molecule has 9 heteroatoms. The minimum atomic E-state index is -0.0390. The highest BCUT2D eigenvalue weighted by Gasteiger charge is 2.32. The van der Waals surface area contributed by atoms with E-state index in [1.807, 2.05) is 17.0 Å². The first-order chi connectivity index (χ1) is 19.1. The second kappa shape index (κ2) is 10.8. The van der Waals surface area contributed by atoms with Crippen molar-refractivity contribution in [1.29, 1.82) is 5.26 Å². The molecule has 200 valence electrons. The monoisotopic (exact) mass is 542 g/mol. The molecular formula is C30H31ClN6O2. The lowest BCUT2D eigenvalue weighted by Gasteiger charge is -2.40. The molecule has 3 aromatic rings. The third kappa shape index (κ3) is 4.66. The average Bonchev–Trinajstić information content (AvgIpc) is 3.00. The fourth-order valence-electron chi connectivity index (χ4n) is 5.99. The molecule has 0 saturated carbocycles. The molecule has 1 aromatic heterocycles. The molecule has 0 unspecified atom stereocenters. The van der Waals surface area contributed by atoms with Crippen LogP contribution in [-0.4, -0.2) is 74.8 Å². The Morgan fingerprint density at radius 1 is 0.949 bits per heavy atom. The number of ether oxygens (including phenoxy) is 1. The first kappa shape index (κ1) is 25.5. The highest BCUT2D eigenvalue weighted by atomic mass is 35.5. The summed E-state index contributed by atoms with van der Waals surface area (Å²) in [5.74, 6) is 1.63. The lowest BCUT2D eigenvalue weighted by Crippen LogP contribution is -2.49. The molecule has 0 radical (unpaired) electrons. The largest absolute Gasteiger partial charge is 0.378 e. The molecule has 8 nitrogen and oxygen atoms in total. The van der Waals surface area contributed by atoms with Crippen LogP contribution >= 0.6 is 11.6 Å². The van der Waals surface area contributed by atoms with Crippen LogP contribution in [-0.2, 0) is 22.5 Å². The van der Waals surface area contributed by atoms with Crippen LogP contribution in [0.15, 0.2) is 49.1 Å². The number of rotatable bonds is 4. The summed E-state index contributed by atoms with van der Waals surface area (Å²) in [5, 5.41) is 13.3. The van der Waals surface area contributed by atoms with Crippen molar-refractivity contribution < 1.29 is 9.53 Å². The predicted molar refractivity (Wildman–Crippen MR) is 155 cm³/mol. The maximum atomic E-state index is 12.2. The van der Waals surface area contributed by atoms with Gasteiger partial charge in [0, 0.05) is 69.0 Å². The normalized spacial score (nSPS) is 17.6. The number of carbonyl (C=O) groups is 1. The molecule has 6 rings (SSSR count). The molecule has 2 saturated heterocycles. The van der Waals surface area contributed by atoms with Gasteiger partial charge < -0.3 is 24.3 Å². The highest BCUT2D eigenvalue weighted by Crippen LogP contribution is 2.40. The van der Waals surface area contributed by atoms with Gasteiger partial charge in [-0.3, -0.25) is 4.79 Å². The number of morpholine rings is 1. The second-order valence-corrected chi connectivity index (χ2v) is 10.5. The quantitative estimate of drug-likeness (QED) is 0.461. The van der Waals surface area contributed by atoms with Gasteiger partial charge in [-0.15, -0.1) is 0 Å². The van der Waals surface area contributed by atoms with Gasteiger partial charge in [-0.05, 0) is 35.6 Å². The van der Waals surface area contributed by atoms with Gasteiger partial charge in [-0.2, -0.15) is 5.26 Å². The molecule has 0 spiro atoms. The molecule has 4 heterocycles. The minimum absolute atomic E-state index is 0.0390. The van der Waals surface area contributed by atoms with Gasteiger partial charge in [0.1, 0.15) is 17.7 Å². The SMILES string of the molecule is C=CC(=O)N1CCN(c2nc(N3CCOCC3)c(C#N)c3c2CCN(c2cccc4cccc(Cl)c24)C3)CC1. The number of amides is 1. The third-order valence-electron chi connectivity index (χ3n) is 8.01. The van der Waals surface area contributed by atoms with E-state index < -0.39 is 0 Å². The summed E-state index contributed by atoms with van der Waals surface area (Å²) in [6.45, 7) is 10.3. The third-order valence-corrected chi connectivity index (χ3v) is 8.33. The van der Waals surface area contributed by atoms with Crippen LogP contribution in [0.1, 0.15) is 16.7 Å². The Hall–Kier alpha value is -3.80. The molecule has 2 fully saturated rings. The van der Waals surface area contributed by atoms with E-state index in [0.717, 1.165) is 57.2 Å². The van der Waals surface area contributed by atoms with E-state index in [9.17, 15) is 10.1 Å².